The molecule has 1 aromatic carbocycles. The highest BCUT2D eigenvalue weighted by Crippen LogP contribution is 2.31. The molecule has 0 aromatic heterocycles. The van der Waals surface area contributed by atoms with Gasteiger partial charge in [-0.1, -0.05) is 32.9 Å². The number of hydrogen-bond acceptors (Lipinski definition) is 2. The number of anilines is 1. The number of rotatable bonds is 0. The van der Waals surface area contributed by atoms with Crippen molar-refractivity contribution in [1.29, 1.82) is 0 Å². The first-order chi connectivity index (χ1) is 6.09. The SMILES string of the molecule is CC(C)(C)c1cccc2c1CNN2. The van der Waals surface area contributed by atoms with Gasteiger partial charge in [-0.05, 0) is 22.6 Å². The van der Waals surface area contributed by atoms with E-state index in [1.54, 1.807) is 0 Å². The van der Waals surface area contributed by atoms with Gasteiger partial charge in [0.05, 0.1) is 5.69 Å². The van der Waals surface area contributed by atoms with E-state index >= 15 is 0 Å². The van der Waals surface area contributed by atoms with Crippen LogP contribution in [0.25, 0.3) is 0 Å². The van der Waals surface area contributed by atoms with Gasteiger partial charge >= 0.3 is 0 Å². The first-order valence-corrected chi connectivity index (χ1v) is 4.70. The molecule has 0 unspecified atom stereocenters. The monoisotopic (exact) mass is 176 g/mol. The van der Waals surface area contributed by atoms with Crippen molar-refractivity contribution in [1.82, 2.24) is 5.43 Å². The molecule has 1 aromatic rings. The van der Waals surface area contributed by atoms with Gasteiger partial charge in [-0.2, -0.15) is 0 Å². The van der Waals surface area contributed by atoms with E-state index in [1.807, 2.05) is 0 Å². The van der Waals surface area contributed by atoms with Crippen molar-refractivity contribution >= 4 is 5.69 Å². The molecular formula is C11H16N2. The highest BCUT2D eigenvalue weighted by atomic mass is 15.4. The predicted octanol–water partition coefficient (Wildman–Crippen LogP) is 2.41. The van der Waals surface area contributed by atoms with Crippen LogP contribution in [0.1, 0.15) is 31.9 Å². The van der Waals surface area contributed by atoms with E-state index < -0.39 is 0 Å². The van der Waals surface area contributed by atoms with E-state index in [9.17, 15) is 0 Å². The molecule has 0 radical (unpaired) electrons. The molecule has 0 amide bonds. The highest BCUT2D eigenvalue weighted by Gasteiger charge is 2.21. The van der Waals surface area contributed by atoms with Crippen molar-refractivity contribution in [3.8, 4) is 0 Å². The van der Waals surface area contributed by atoms with Crippen molar-refractivity contribution in [2.24, 2.45) is 0 Å². The van der Waals surface area contributed by atoms with E-state index in [1.165, 1.54) is 16.8 Å². The molecule has 2 rings (SSSR count). The van der Waals surface area contributed by atoms with Crippen LogP contribution < -0.4 is 10.9 Å². The lowest BCUT2D eigenvalue weighted by molar-refractivity contribution is 0.583. The molecule has 2 nitrogen and oxygen atoms in total. The van der Waals surface area contributed by atoms with Crippen LogP contribution >= 0.6 is 0 Å². The number of nitrogens with one attached hydrogen (secondary N) is 2. The fraction of sp³-hybridized carbons (Fsp3) is 0.455. The summed E-state index contributed by atoms with van der Waals surface area (Å²) in [5.74, 6) is 0. The minimum atomic E-state index is 0.235. The second kappa shape index (κ2) is 2.74. The van der Waals surface area contributed by atoms with Crippen LogP contribution in [0.4, 0.5) is 5.69 Å². The molecule has 70 valence electrons. The van der Waals surface area contributed by atoms with Gasteiger partial charge in [0, 0.05) is 6.54 Å². The lowest BCUT2D eigenvalue weighted by Gasteiger charge is -2.21. The lowest BCUT2D eigenvalue weighted by atomic mass is 9.83. The highest BCUT2D eigenvalue weighted by molar-refractivity contribution is 5.58. The Bertz CT molecular complexity index is 323. The van der Waals surface area contributed by atoms with Gasteiger partial charge in [0.15, 0.2) is 0 Å². The number of fused-ring (bicyclic) bond motifs is 1. The zero-order valence-electron chi connectivity index (χ0n) is 8.44. The summed E-state index contributed by atoms with van der Waals surface area (Å²) >= 11 is 0. The molecular weight excluding hydrogens is 160 g/mol. The third kappa shape index (κ3) is 1.42. The summed E-state index contributed by atoms with van der Waals surface area (Å²) in [7, 11) is 0. The maximum Gasteiger partial charge on any atom is 0.0536 e. The molecule has 0 aliphatic carbocycles. The summed E-state index contributed by atoms with van der Waals surface area (Å²) in [6.07, 6.45) is 0. The number of hydrazine groups is 1. The molecule has 0 atom stereocenters. The Kier molecular flexibility index (Phi) is 1.81. The molecule has 0 fully saturated rings. The average Bonchev–Trinajstić information content (AvgIpc) is 2.48. The Labute approximate surface area is 79.3 Å². The first-order valence-electron chi connectivity index (χ1n) is 4.70. The molecule has 0 saturated heterocycles. The molecule has 13 heavy (non-hydrogen) atoms. The fourth-order valence-corrected chi connectivity index (χ4v) is 1.82. The van der Waals surface area contributed by atoms with Gasteiger partial charge in [0.1, 0.15) is 0 Å². The van der Waals surface area contributed by atoms with Gasteiger partial charge in [-0.25, -0.2) is 5.43 Å². The minimum absolute atomic E-state index is 0.235. The second-order valence-electron chi connectivity index (χ2n) is 4.56. The zero-order chi connectivity index (χ0) is 9.47. The first kappa shape index (κ1) is 8.57. The van der Waals surface area contributed by atoms with E-state index in [-0.39, 0.29) is 5.41 Å². The van der Waals surface area contributed by atoms with Crippen LogP contribution in [0.3, 0.4) is 0 Å². The van der Waals surface area contributed by atoms with Crippen molar-refractivity contribution in [3.05, 3.63) is 29.3 Å². The Morgan fingerprint density at radius 1 is 1.23 bits per heavy atom. The summed E-state index contributed by atoms with van der Waals surface area (Å²) in [5.41, 5.74) is 10.6. The van der Waals surface area contributed by atoms with Crippen molar-refractivity contribution in [2.45, 2.75) is 32.7 Å². The Morgan fingerprint density at radius 3 is 2.69 bits per heavy atom. The van der Waals surface area contributed by atoms with E-state index in [4.69, 9.17) is 0 Å². The molecule has 0 bridgehead atoms. The number of hydrogen-bond donors (Lipinski definition) is 2. The fourth-order valence-electron chi connectivity index (χ4n) is 1.82. The van der Waals surface area contributed by atoms with Crippen LogP contribution in [0.15, 0.2) is 18.2 Å². The van der Waals surface area contributed by atoms with E-state index in [0.29, 0.717) is 0 Å². The molecule has 2 N–H and O–H groups in total. The topological polar surface area (TPSA) is 24.1 Å². The largest absolute Gasteiger partial charge is 0.321 e. The van der Waals surface area contributed by atoms with Crippen molar-refractivity contribution in [2.75, 3.05) is 5.43 Å². The normalized spacial score (nSPS) is 15.3. The van der Waals surface area contributed by atoms with Gasteiger partial charge < -0.3 is 5.43 Å². The standard InChI is InChI=1S/C11H16N2/c1-11(2,3)9-5-4-6-10-8(9)7-12-13-10/h4-6,12-13H,7H2,1-3H3. The van der Waals surface area contributed by atoms with Gasteiger partial charge in [0.25, 0.3) is 0 Å². The minimum Gasteiger partial charge on any atom is -0.321 e. The third-order valence-corrected chi connectivity index (χ3v) is 2.47. The lowest BCUT2D eigenvalue weighted by Crippen LogP contribution is -2.14. The van der Waals surface area contributed by atoms with Gasteiger partial charge in [0.2, 0.25) is 0 Å². The molecule has 0 saturated carbocycles. The Morgan fingerprint density at radius 2 is 2.00 bits per heavy atom. The Hall–Kier alpha value is -1.02. The summed E-state index contributed by atoms with van der Waals surface area (Å²) in [6, 6.07) is 6.44. The predicted molar refractivity (Wildman–Crippen MR) is 55.6 cm³/mol. The molecule has 0 spiro atoms. The van der Waals surface area contributed by atoms with Crippen LogP contribution in [0.5, 0.6) is 0 Å². The van der Waals surface area contributed by atoms with Crippen LogP contribution in [0.2, 0.25) is 0 Å². The van der Waals surface area contributed by atoms with Gasteiger partial charge in [-0.3, -0.25) is 0 Å². The van der Waals surface area contributed by atoms with Crippen molar-refractivity contribution in [3.63, 3.8) is 0 Å². The average molecular weight is 176 g/mol. The quantitative estimate of drug-likeness (QED) is 0.634. The molecule has 2 heteroatoms. The molecule has 1 aliphatic rings. The maximum atomic E-state index is 3.16. The molecule has 1 heterocycles. The summed E-state index contributed by atoms with van der Waals surface area (Å²) in [6.45, 7) is 7.69. The van der Waals surface area contributed by atoms with E-state index in [0.717, 1.165) is 6.54 Å². The maximum absolute atomic E-state index is 3.16. The smallest absolute Gasteiger partial charge is 0.0536 e. The zero-order valence-corrected chi connectivity index (χ0v) is 8.44. The van der Waals surface area contributed by atoms with Crippen molar-refractivity contribution < 1.29 is 0 Å². The summed E-state index contributed by atoms with van der Waals surface area (Å²) in [5, 5.41) is 0. The van der Waals surface area contributed by atoms with Gasteiger partial charge in [-0.15, -0.1) is 0 Å². The summed E-state index contributed by atoms with van der Waals surface area (Å²) < 4.78 is 0. The van der Waals surface area contributed by atoms with Crippen LogP contribution in [-0.2, 0) is 12.0 Å². The summed E-state index contributed by atoms with van der Waals surface area (Å²) in [4.78, 5) is 0. The van der Waals surface area contributed by atoms with Crippen LogP contribution in [0, 0.1) is 0 Å². The van der Waals surface area contributed by atoms with Crippen LogP contribution in [-0.4, -0.2) is 0 Å². The van der Waals surface area contributed by atoms with E-state index in [2.05, 4.69) is 49.8 Å². The number of benzene rings is 1. The molecule has 1 aliphatic heterocycles. The Balaban J connectivity index is 2.54. The second-order valence-corrected chi connectivity index (χ2v) is 4.56. The third-order valence-electron chi connectivity index (χ3n) is 2.47.